The molecule has 0 bridgehead atoms. The van der Waals surface area contributed by atoms with Crippen LogP contribution in [0.2, 0.25) is 0 Å². The van der Waals surface area contributed by atoms with Crippen molar-refractivity contribution in [2.24, 2.45) is 0 Å². The Morgan fingerprint density at radius 3 is 2.62 bits per heavy atom. The Morgan fingerprint density at radius 1 is 1.31 bits per heavy atom. The van der Waals surface area contributed by atoms with Gasteiger partial charge in [-0.05, 0) is 43.9 Å². The zero-order valence-corrected chi connectivity index (χ0v) is 7.72. The van der Waals surface area contributed by atoms with Gasteiger partial charge in [-0.1, -0.05) is 0 Å². The van der Waals surface area contributed by atoms with Crippen molar-refractivity contribution in [1.82, 2.24) is 0 Å². The quantitative estimate of drug-likeness (QED) is 0.679. The molecular weight excluding hydrogens is 167 g/mol. The fraction of sp³-hybridized carbons (Fsp3) is 0.455. The number of ether oxygens (including phenoxy) is 1. The monoisotopic (exact) mass is 180 g/mol. The van der Waals surface area contributed by atoms with Crippen molar-refractivity contribution in [1.29, 1.82) is 0 Å². The SMILES string of the molecule is Cc1cc(F)cc(OC2CCC2)c1. The summed E-state index contributed by atoms with van der Waals surface area (Å²) in [5.74, 6) is 0.455. The first-order valence-electron chi connectivity index (χ1n) is 4.68. The van der Waals surface area contributed by atoms with E-state index in [1.54, 1.807) is 0 Å². The van der Waals surface area contributed by atoms with Gasteiger partial charge < -0.3 is 4.74 Å². The van der Waals surface area contributed by atoms with E-state index in [-0.39, 0.29) is 5.82 Å². The van der Waals surface area contributed by atoms with Gasteiger partial charge in [0.1, 0.15) is 11.6 Å². The van der Waals surface area contributed by atoms with Gasteiger partial charge in [-0.3, -0.25) is 0 Å². The molecule has 0 amide bonds. The fourth-order valence-corrected chi connectivity index (χ4v) is 1.45. The van der Waals surface area contributed by atoms with Crippen LogP contribution in [0.4, 0.5) is 4.39 Å². The molecule has 0 aliphatic heterocycles. The average Bonchev–Trinajstić information content (AvgIpc) is 1.95. The van der Waals surface area contributed by atoms with E-state index in [4.69, 9.17) is 4.74 Å². The lowest BCUT2D eigenvalue weighted by Crippen LogP contribution is -2.24. The Balaban J connectivity index is 2.10. The normalized spacial score (nSPS) is 16.8. The van der Waals surface area contributed by atoms with Crippen LogP contribution < -0.4 is 4.74 Å². The molecule has 1 fully saturated rings. The molecular formula is C11H13FO. The van der Waals surface area contributed by atoms with Crippen LogP contribution in [0.25, 0.3) is 0 Å². The summed E-state index contributed by atoms with van der Waals surface area (Å²) in [5, 5.41) is 0. The first kappa shape index (κ1) is 8.54. The van der Waals surface area contributed by atoms with E-state index in [0.717, 1.165) is 18.4 Å². The highest BCUT2D eigenvalue weighted by molar-refractivity contribution is 5.28. The largest absolute Gasteiger partial charge is 0.490 e. The van der Waals surface area contributed by atoms with Crippen molar-refractivity contribution in [3.63, 3.8) is 0 Å². The van der Waals surface area contributed by atoms with Crippen molar-refractivity contribution in [3.8, 4) is 5.75 Å². The minimum absolute atomic E-state index is 0.214. The van der Waals surface area contributed by atoms with Crippen molar-refractivity contribution in [3.05, 3.63) is 29.6 Å². The highest BCUT2D eigenvalue weighted by Crippen LogP contribution is 2.26. The van der Waals surface area contributed by atoms with Crippen LogP contribution in [-0.2, 0) is 0 Å². The molecule has 0 heterocycles. The third kappa shape index (κ3) is 2.00. The lowest BCUT2D eigenvalue weighted by atomic mass is 9.96. The lowest BCUT2D eigenvalue weighted by molar-refractivity contribution is 0.120. The molecule has 1 nitrogen and oxygen atoms in total. The van der Waals surface area contributed by atoms with Gasteiger partial charge in [0.15, 0.2) is 0 Å². The molecule has 1 saturated carbocycles. The van der Waals surface area contributed by atoms with E-state index < -0.39 is 0 Å². The molecule has 0 spiro atoms. The topological polar surface area (TPSA) is 9.23 Å². The van der Waals surface area contributed by atoms with Crippen LogP contribution in [0, 0.1) is 12.7 Å². The molecule has 13 heavy (non-hydrogen) atoms. The Labute approximate surface area is 77.5 Å². The molecule has 0 unspecified atom stereocenters. The van der Waals surface area contributed by atoms with Crippen LogP contribution in [0.3, 0.4) is 0 Å². The first-order valence-corrected chi connectivity index (χ1v) is 4.68. The standard InChI is InChI=1S/C11H13FO/c1-8-5-9(12)7-11(6-8)13-10-3-2-4-10/h5-7,10H,2-4H2,1H3. The fourth-order valence-electron chi connectivity index (χ4n) is 1.45. The van der Waals surface area contributed by atoms with Gasteiger partial charge in [0.05, 0.1) is 6.10 Å². The number of hydrogen-bond donors (Lipinski definition) is 0. The van der Waals surface area contributed by atoms with E-state index in [2.05, 4.69) is 0 Å². The summed E-state index contributed by atoms with van der Waals surface area (Å²) >= 11 is 0. The summed E-state index contributed by atoms with van der Waals surface area (Å²) in [5.41, 5.74) is 0.911. The molecule has 1 aromatic carbocycles. The summed E-state index contributed by atoms with van der Waals surface area (Å²) in [7, 11) is 0. The Morgan fingerprint density at radius 2 is 2.08 bits per heavy atom. The maximum atomic E-state index is 12.9. The second-order valence-electron chi connectivity index (χ2n) is 3.64. The summed E-state index contributed by atoms with van der Waals surface area (Å²) in [6.45, 7) is 1.87. The van der Waals surface area contributed by atoms with E-state index >= 15 is 0 Å². The number of benzene rings is 1. The predicted molar refractivity (Wildman–Crippen MR) is 49.4 cm³/mol. The van der Waals surface area contributed by atoms with E-state index in [9.17, 15) is 4.39 Å². The van der Waals surface area contributed by atoms with Gasteiger partial charge >= 0.3 is 0 Å². The molecule has 2 heteroatoms. The van der Waals surface area contributed by atoms with Crippen LogP contribution in [0.1, 0.15) is 24.8 Å². The van der Waals surface area contributed by atoms with E-state index in [1.165, 1.54) is 18.6 Å². The van der Waals surface area contributed by atoms with Gasteiger partial charge in [-0.15, -0.1) is 0 Å². The lowest BCUT2D eigenvalue weighted by Gasteiger charge is -2.26. The third-order valence-electron chi connectivity index (χ3n) is 2.37. The van der Waals surface area contributed by atoms with Gasteiger partial charge in [0, 0.05) is 6.07 Å². The van der Waals surface area contributed by atoms with Gasteiger partial charge in [-0.25, -0.2) is 4.39 Å². The van der Waals surface area contributed by atoms with Crippen LogP contribution in [-0.4, -0.2) is 6.10 Å². The second-order valence-corrected chi connectivity index (χ2v) is 3.64. The molecule has 70 valence electrons. The summed E-state index contributed by atoms with van der Waals surface area (Å²) < 4.78 is 18.5. The molecule has 0 N–H and O–H groups in total. The average molecular weight is 180 g/mol. The van der Waals surface area contributed by atoms with Crippen molar-refractivity contribution < 1.29 is 9.13 Å². The summed E-state index contributed by atoms with van der Waals surface area (Å²) in [6.07, 6.45) is 3.77. The zero-order valence-electron chi connectivity index (χ0n) is 7.72. The third-order valence-corrected chi connectivity index (χ3v) is 2.37. The molecule has 2 rings (SSSR count). The van der Waals surface area contributed by atoms with Crippen molar-refractivity contribution in [2.45, 2.75) is 32.3 Å². The minimum Gasteiger partial charge on any atom is -0.490 e. The molecule has 1 aliphatic rings. The van der Waals surface area contributed by atoms with Crippen LogP contribution in [0.5, 0.6) is 5.75 Å². The maximum Gasteiger partial charge on any atom is 0.127 e. The zero-order chi connectivity index (χ0) is 9.26. The van der Waals surface area contributed by atoms with E-state index in [1.807, 2.05) is 13.0 Å². The molecule has 0 radical (unpaired) electrons. The van der Waals surface area contributed by atoms with Crippen molar-refractivity contribution >= 4 is 0 Å². The molecule has 0 saturated heterocycles. The number of aryl methyl sites for hydroxylation is 1. The van der Waals surface area contributed by atoms with Crippen LogP contribution >= 0.6 is 0 Å². The van der Waals surface area contributed by atoms with Gasteiger partial charge in [-0.2, -0.15) is 0 Å². The molecule has 1 aromatic rings. The minimum atomic E-state index is -0.214. The van der Waals surface area contributed by atoms with Crippen molar-refractivity contribution in [2.75, 3.05) is 0 Å². The van der Waals surface area contributed by atoms with Crippen LogP contribution in [0.15, 0.2) is 18.2 Å². The van der Waals surface area contributed by atoms with Gasteiger partial charge in [0.25, 0.3) is 0 Å². The number of halogens is 1. The summed E-state index contributed by atoms with van der Waals surface area (Å²) in [4.78, 5) is 0. The second kappa shape index (κ2) is 3.36. The highest BCUT2D eigenvalue weighted by Gasteiger charge is 2.19. The summed E-state index contributed by atoms with van der Waals surface area (Å²) in [6, 6.07) is 4.83. The number of rotatable bonds is 2. The maximum absolute atomic E-state index is 12.9. The molecule has 0 atom stereocenters. The first-order chi connectivity index (χ1) is 6.24. The molecule has 1 aliphatic carbocycles. The predicted octanol–water partition coefficient (Wildman–Crippen LogP) is 3.07. The number of hydrogen-bond acceptors (Lipinski definition) is 1. The highest BCUT2D eigenvalue weighted by atomic mass is 19.1. The smallest absolute Gasteiger partial charge is 0.127 e. The Hall–Kier alpha value is -1.05. The van der Waals surface area contributed by atoms with Gasteiger partial charge in [0.2, 0.25) is 0 Å². The Bertz CT molecular complexity index is 285. The Kier molecular flexibility index (Phi) is 2.21. The molecule has 0 aromatic heterocycles. The van der Waals surface area contributed by atoms with E-state index in [0.29, 0.717) is 11.9 Å².